The van der Waals surface area contributed by atoms with Gasteiger partial charge in [0.15, 0.2) is 5.43 Å². The largest absolute Gasteiger partial charge is 0.318 e. The van der Waals surface area contributed by atoms with Gasteiger partial charge in [-0.3, -0.25) is 4.79 Å². The van der Waals surface area contributed by atoms with Crippen LogP contribution in [0.3, 0.4) is 0 Å². The molecule has 0 saturated carbocycles. The Morgan fingerprint density at radius 2 is 2.00 bits per heavy atom. The number of halogens is 2. The summed E-state index contributed by atoms with van der Waals surface area (Å²) in [6, 6.07) is 4.80. The molecule has 1 N–H and O–H groups in total. The molecular weight excluding hydrogens is 250 g/mol. The average molecular weight is 264 g/mol. The Hall–Kier alpha value is -2.01. The maximum Gasteiger partial charge on any atom is 0.186 e. The predicted octanol–water partition coefficient (Wildman–Crippen LogP) is 2.14. The van der Waals surface area contributed by atoms with Crippen molar-refractivity contribution in [3.05, 3.63) is 63.6 Å². The van der Waals surface area contributed by atoms with Crippen LogP contribution in [0.4, 0.5) is 8.78 Å². The van der Waals surface area contributed by atoms with E-state index in [9.17, 15) is 13.6 Å². The molecule has 1 aromatic carbocycles. The molecule has 0 fully saturated rings. The maximum atomic E-state index is 13.8. The van der Waals surface area contributed by atoms with E-state index in [0.29, 0.717) is 17.8 Å². The maximum absolute atomic E-state index is 13.8. The molecule has 0 aliphatic carbocycles. The van der Waals surface area contributed by atoms with Crippen LogP contribution in [0.15, 0.2) is 35.3 Å². The molecule has 3 nitrogen and oxygen atoms in total. The van der Waals surface area contributed by atoms with Gasteiger partial charge >= 0.3 is 0 Å². The highest BCUT2D eigenvalue weighted by atomic mass is 19.1. The van der Waals surface area contributed by atoms with Crippen molar-refractivity contribution in [2.45, 2.75) is 13.5 Å². The molecule has 0 unspecified atom stereocenters. The summed E-state index contributed by atoms with van der Waals surface area (Å²) in [4.78, 5) is 11.7. The molecule has 0 aliphatic heterocycles. The third-order valence-electron chi connectivity index (χ3n) is 2.86. The van der Waals surface area contributed by atoms with Gasteiger partial charge in [-0.25, -0.2) is 8.78 Å². The van der Waals surface area contributed by atoms with Gasteiger partial charge in [0.2, 0.25) is 0 Å². The van der Waals surface area contributed by atoms with Crippen LogP contribution in [0, 0.1) is 18.6 Å². The van der Waals surface area contributed by atoms with Crippen LogP contribution in [0.1, 0.15) is 11.3 Å². The predicted molar refractivity (Wildman–Crippen MR) is 69.5 cm³/mol. The standard InChI is InChI=1S/C14H14F2N2O/c1-9-5-14(19)10(7-17-2)8-18(9)13-4-3-11(15)6-12(13)16/h3-6,8,17H,7H2,1-2H3. The lowest BCUT2D eigenvalue weighted by atomic mass is 10.2. The first-order valence-electron chi connectivity index (χ1n) is 5.85. The van der Waals surface area contributed by atoms with Crippen LogP contribution < -0.4 is 10.7 Å². The zero-order valence-corrected chi connectivity index (χ0v) is 10.7. The summed E-state index contributed by atoms with van der Waals surface area (Å²) in [5, 5.41) is 2.88. The number of nitrogens with one attached hydrogen (secondary N) is 1. The van der Waals surface area contributed by atoms with Gasteiger partial charge in [0, 0.05) is 36.1 Å². The molecule has 0 atom stereocenters. The Balaban J connectivity index is 2.61. The van der Waals surface area contributed by atoms with E-state index in [1.54, 1.807) is 24.7 Å². The molecule has 5 heteroatoms. The fourth-order valence-electron chi connectivity index (χ4n) is 1.93. The van der Waals surface area contributed by atoms with Crippen molar-refractivity contribution < 1.29 is 8.78 Å². The van der Waals surface area contributed by atoms with E-state index in [1.807, 2.05) is 0 Å². The Kier molecular flexibility index (Phi) is 3.76. The quantitative estimate of drug-likeness (QED) is 0.921. The van der Waals surface area contributed by atoms with Gasteiger partial charge in [-0.1, -0.05) is 0 Å². The number of benzene rings is 1. The van der Waals surface area contributed by atoms with Crippen molar-refractivity contribution in [2.24, 2.45) is 0 Å². The molecule has 1 aromatic heterocycles. The molecule has 2 aromatic rings. The molecule has 0 aliphatic rings. The van der Waals surface area contributed by atoms with Crippen LogP contribution in [0.25, 0.3) is 5.69 Å². The number of rotatable bonds is 3. The molecule has 0 radical (unpaired) electrons. The molecule has 2 rings (SSSR count). The van der Waals surface area contributed by atoms with E-state index in [4.69, 9.17) is 0 Å². The van der Waals surface area contributed by atoms with E-state index >= 15 is 0 Å². The average Bonchev–Trinajstić information content (AvgIpc) is 2.34. The van der Waals surface area contributed by atoms with Crippen molar-refractivity contribution in [3.63, 3.8) is 0 Å². The minimum Gasteiger partial charge on any atom is -0.318 e. The van der Waals surface area contributed by atoms with Crippen molar-refractivity contribution >= 4 is 0 Å². The highest BCUT2D eigenvalue weighted by Gasteiger charge is 2.09. The Morgan fingerprint density at radius 3 is 2.63 bits per heavy atom. The van der Waals surface area contributed by atoms with Crippen LogP contribution in [0.5, 0.6) is 0 Å². The summed E-state index contributed by atoms with van der Waals surface area (Å²) in [7, 11) is 1.72. The van der Waals surface area contributed by atoms with Crippen LogP contribution in [-0.2, 0) is 6.54 Å². The lowest BCUT2D eigenvalue weighted by molar-refractivity contribution is 0.576. The fourth-order valence-corrected chi connectivity index (χ4v) is 1.93. The second kappa shape index (κ2) is 5.32. The highest BCUT2D eigenvalue weighted by molar-refractivity contribution is 5.37. The zero-order valence-electron chi connectivity index (χ0n) is 10.7. The minimum absolute atomic E-state index is 0.106. The first-order valence-corrected chi connectivity index (χ1v) is 5.85. The summed E-state index contributed by atoms with van der Waals surface area (Å²) in [6.45, 7) is 2.09. The number of hydrogen-bond donors (Lipinski definition) is 1. The smallest absolute Gasteiger partial charge is 0.186 e. The SMILES string of the molecule is CNCc1cn(-c2ccc(F)cc2F)c(C)cc1=O. The normalized spacial score (nSPS) is 10.7. The molecule has 0 bridgehead atoms. The molecular formula is C14H14F2N2O. The monoisotopic (exact) mass is 264 g/mol. The molecule has 0 saturated heterocycles. The topological polar surface area (TPSA) is 34.0 Å². The molecule has 1 heterocycles. The number of aryl methyl sites for hydroxylation is 1. The highest BCUT2D eigenvalue weighted by Crippen LogP contribution is 2.16. The van der Waals surface area contributed by atoms with Gasteiger partial charge in [0.05, 0.1) is 5.69 Å². The lowest BCUT2D eigenvalue weighted by Gasteiger charge is -2.13. The first-order chi connectivity index (χ1) is 9.02. The van der Waals surface area contributed by atoms with Gasteiger partial charge in [0.1, 0.15) is 11.6 Å². The van der Waals surface area contributed by atoms with Crippen LogP contribution in [-0.4, -0.2) is 11.6 Å². The van der Waals surface area contributed by atoms with Gasteiger partial charge in [-0.2, -0.15) is 0 Å². The Morgan fingerprint density at radius 1 is 1.26 bits per heavy atom. The summed E-state index contributed by atoms with van der Waals surface area (Å²) >= 11 is 0. The van der Waals surface area contributed by atoms with Crippen LogP contribution in [0.2, 0.25) is 0 Å². The molecule has 0 amide bonds. The second-order valence-corrected chi connectivity index (χ2v) is 4.30. The van der Waals surface area contributed by atoms with Gasteiger partial charge in [0.25, 0.3) is 0 Å². The van der Waals surface area contributed by atoms with E-state index in [2.05, 4.69) is 5.32 Å². The van der Waals surface area contributed by atoms with E-state index in [-0.39, 0.29) is 11.1 Å². The summed E-state index contributed by atoms with van der Waals surface area (Å²) in [6.07, 6.45) is 1.57. The number of aromatic nitrogens is 1. The minimum atomic E-state index is -0.665. The van der Waals surface area contributed by atoms with E-state index < -0.39 is 11.6 Å². The molecule has 100 valence electrons. The van der Waals surface area contributed by atoms with Crippen molar-refractivity contribution in [1.29, 1.82) is 0 Å². The van der Waals surface area contributed by atoms with E-state index in [0.717, 1.165) is 6.07 Å². The first kappa shape index (κ1) is 13.4. The lowest BCUT2D eigenvalue weighted by Crippen LogP contribution is -2.19. The van der Waals surface area contributed by atoms with Crippen molar-refractivity contribution in [1.82, 2.24) is 9.88 Å². The number of pyridine rings is 1. The number of nitrogens with zero attached hydrogens (tertiary/aromatic N) is 1. The summed E-state index contributed by atoms with van der Waals surface area (Å²) in [5.41, 5.74) is 1.23. The Bertz CT molecular complexity index is 665. The molecule has 19 heavy (non-hydrogen) atoms. The second-order valence-electron chi connectivity index (χ2n) is 4.30. The van der Waals surface area contributed by atoms with Gasteiger partial charge < -0.3 is 9.88 Å². The van der Waals surface area contributed by atoms with Gasteiger partial charge in [-0.05, 0) is 26.1 Å². The molecule has 0 spiro atoms. The van der Waals surface area contributed by atoms with Crippen molar-refractivity contribution in [2.75, 3.05) is 7.05 Å². The van der Waals surface area contributed by atoms with Crippen LogP contribution >= 0.6 is 0 Å². The third-order valence-corrected chi connectivity index (χ3v) is 2.86. The van der Waals surface area contributed by atoms with Crippen molar-refractivity contribution in [3.8, 4) is 5.69 Å². The summed E-state index contributed by atoms with van der Waals surface area (Å²) in [5.74, 6) is -1.29. The Labute approximate surface area is 109 Å². The third kappa shape index (κ3) is 2.71. The zero-order chi connectivity index (χ0) is 14.0. The van der Waals surface area contributed by atoms with E-state index in [1.165, 1.54) is 18.2 Å². The summed E-state index contributed by atoms with van der Waals surface area (Å²) < 4.78 is 28.2. The number of hydrogen-bond acceptors (Lipinski definition) is 2. The van der Waals surface area contributed by atoms with Gasteiger partial charge in [-0.15, -0.1) is 0 Å². The fraction of sp³-hybridized carbons (Fsp3) is 0.214.